The summed E-state index contributed by atoms with van der Waals surface area (Å²) in [7, 11) is 0. The maximum Gasteiger partial charge on any atom is 0.0705 e. The molecule has 0 aromatic heterocycles. The molecule has 0 rings (SSSR count). The highest BCUT2D eigenvalue weighted by atomic mass is 32.1. The molecule has 0 aromatic carbocycles. The summed E-state index contributed by atoms with van der Waals surface area (Å²) in [4.78, 5) is 0.752. The van der Waals surface area contributed by atoms with Crippen LogP contribution in [0.5, 0.6) is 0 Å². The van der Waals surface area contributed by atoms with Crippen molar-refractivity contribution >= 4 is 22.8 Å². The van der Waals surface area contributed by atoms with Gasteiger partial charge in [0.2, 0.25) is 0 Å². The summed E-state index contributed by atoms with van der Waals surface area (Å²) < 4.78 is 0. The standard InChI is InChI=1S/C4H8N2S/c1-3(6-5)4(2)7/h5H2,1-2H3/b6-3-. The van der Waals surface area contributed by atoms with E-state index < -0.39 is 0 Å². The minimum atomic E-state index is 0.731. The molecule has 0 saturated carbocycles. The van der Waals surface area contributed by atoms with Gasteiger partial charge in [0.25, 0.3) is 0 Å². The molecule has 0 atom stereocenters. The molecule has 0 aliphatic rings. The molecule has 0 fully saturated rings. The smallest absolute Gasteiger partial charge is 0.0705 e. The minimum absolute atomic E-state index is 0.731. The van der Waals surface area contributed by atoms with Gasteiger partial charge < -0.3 is 5.84 Å². The van der Waals surface area contributed by atoms with Gasteiger partial charge in [0.05, 0.1) is 5.71 Å². The van der Waals surface area contributed by atoms with Crippen LogP contribution < -0.4 is 5.84 Å². The lowest BCUT2D eigenvalue weighted by atomic mass is 10.3. The van der Waals surface area contributed by atoms with Crippen molar-refractivity contribution in [1.29, 1.82) is 0 Å². The molecule has 2 nitrogen and oxygen atoms in total. The van der Waals surface area contributed by atoms with Crippen LogP contribution in [0.3, 0.4) is 0 Å². The van der Waals surface area contributed by atoms with Gasteiger partial charge in [-0.2, -0.15) is 5.10 Å². The van der Waals surface area contributed by atoms with Crippen molar-refractivity contribution in [3.05, 3.63) is 0 Å². The minimum Gasteiger partial charge on any atom is -0.323 e. The lowest BCUT2D eigenvalue weighted by Gasteiger charge is -1.87. The van der Waals surface area contributed by atoms with E-state index in [1.165, 1.54) is 0 Å². The molecule has 3 heteroatoms. The molecule has 0 radical (unpaired) electrons. The Labute approximate surface area is 48.4 Å². The summed E-state index contributed by atoms with van der Waals surface area (Å²) in [5, 5.41) is 3.36. The van der Waals surface area contributed by atoms with E-state index in [0.717, 1.165) is 10.6 Å². The van der Waals surface area contributed by atoms with Crippen LogP contribution in [0.15, 0.2) is 5.10 Å². The highest BCUT2D eigenvalue weighted by molar-refractivity contribution is 7.82. The first-order valence-electron chi connectivity index (χ1n) is 1.94. The van der Waals surface area contributed by atoms with Gasteiger partial charge >= 0.3 is 0 Å². The predicted octanol–water partition coefficient (Wildman–Crippen LogP) is 0.711. The molecule has 0 amide bonds. The third kappa shape index (κ3) is 2.28. The Balaban J connectivity index is 3.82. The maximum absolute atomic E-state index is 4.87. The number of hydrazone groups is 1. The van der Waals surface area contributed by atoms with Crippen LogP contribution in [0.25, 0.3) is 0 Å². The highest BCUT2D eigenvalue weighted by Crippen LogP contribution is 1.77. The second kappa shape index (κ2) is 2.69. The molecule has 0 spiro atoms. The topological polar surface area (TPSA) is 38.4 Å². The Hall–Kier alpha value is -0.440. The van der Waals surface area contributed by atoms with Crippen molar-refractivity contribution in [2.24, 2.45) is 10.9 Å². The van der Waals surface area contributed by atoms with E-state index in [0.29, 0.717) is 0 Å². The molecule has 0 bridgehead atoms. The van der Waals surface area contributed by atoms with Gasteiger partial charge in [-0.05, 0) is 13.8 Å². The zero-order valence-corrected chi connectivity index (χ0v) is 5.25. The average Bonchev–Trinajstić information content (AvgIpc) is 1.65. The fraction of sp³-hybridized carbons (Fsp3) is 0.500. The van der Waals surface area contributed by atoms with Crippen LogP contribution in [0, 0.1) is 0 Å². The largest absolute Gasteiger partial charge is 0.323 e. The molecule has 7 heavy (non-hydrogen) atoms. The summed E-state index contributed by atoms with van der Waals surface area (Å²) in [5.74, 6) is 4.87. The second-order valence-corrected chi connectivity index (χ2v) is 1.88. The Kier molecular flexibility index (Phi) is 2.52. The van der Waals surface area contributed by atoms with Crippen molar-refractivity contribution in [1.82, 2.24) is 0 Å². The molecule has 0 aromatic rings. The lowest BCUT2D eigenvalue weighted by molar-refractivity contribution is 1.25. The Bertz CT molecular complexity index is 106. The monoisotopic (exact) mass is 116 g/mol. The third-order valence-corrected chi connectivity index (χ3v) is 0.999. The van der Waals surface area contributed by atoms with Crippen molar-refractivity contribution in [2.75, 3.05) is 0 Å². The summed E-state index contributed by atoms with van der Waals surface area (Å²) in [6.07, 6.45) is 0. The van der Waals surface area contributed by atoms with Crippen LogP contribution in [0.2, 0.25) is 0 Å². The summed E-state index contributed by atoms with van der Waals surface area (Å²) >= 11 is 4.71. The molecule has 2 N–H and O–H groups in total. The molecule has 0 unspecified atom stereocenters. The van der Waals surface area contributed by atoms with Crippen LogP contribution in [-0.4, -0.2) is 10.6 Å². The second-order valence-electron chi connectivity index (χ2n) is 1.27. The number of nitrogens with zero attached hydrogens (tertiary/aromatic N) is 1. The summed E-state index contributed by atoms with van der Waals surface area (Å²) in [6, 6.07) is 0. The average molecular weight is 116 g/mol. The zero-order chi connectivity index (χ0) is 5.86. The van der Waals surface area contributed by atoms with Gasteiger partial charge in [0.1, 0.15) is 0 Å². The summed E-state index contributed by atoms with van der Waals surface area (Å²) in [6.45, 7) is 3.57. The van der Waals surface area contributed by atoms with Gasteiger partial charge in [0, 0.05) is 4.86 Å². The van der Waals surface area contributed by atoms with Crippen molar-refractivity contribution in [3.63, 3.8) is 0 Å². The zero-order valence-electron chi connectivity index (χ0n) is 4.43. The Morgan fingerprint density at radius 3 is 2.00 bits per heavy atom. The van der Waals surface area contributed by atoms with E-state index in [-0.39, 0.29) is 0 Å². The van der Waals surface area contributed by atoms with Gasteiger partial charge in [-0.3, -0.25) is 0 Å². The SMILES string of the molecule is CC(=S)/C(C)=N\N. The van der Waals surface area contributed by atoms with Crippen molar-refractivity contribution in [3.8, 4) is 0 Å². The fourth-order valence-electron chi connectivity index (χ4n) is 0.0909. The molecule has 0 heterocycles. The number of thiocarbonyl (C=S) groups is 1. The molecule has 0 aliphatic carbocycles. The number of hydrogen-bond acceptors (Lipinski definition) is 3. The van der Waals surface area contributed by atoms with Gasteiger partial charge in [0.15, 0.2) is 0 Å². The van der Waals surface area contributed by atoms with E-state index in [2.05, 4.69) is 5.10 Å². The summed E-state index contributed by atoms with van der Waals surface area (Å²) in [5.41, 5.74) is 0.731. The quantitative estimate of drug-likeness (QED) is 0.237. The molecule has 0 aliphatic heterocycles. The predicted molar refractivity (Wildman–Crippen MR) is 35.6 cm³/mol. The maximum atomic E-state index is 4.87. The first-order valence-corrected chi connectivity index (χ1v) is 2.34. The number of nitrogens with two attached hydrogens (primary N) is 1. The van der Waals surface area contributed by atoms with Gasteiger partial charge in [-0.1, -0.05) is 12.2 Å². The lowest BCUT2D eigenvalue weighted by Crippen LogP contribution is -2.04. The normalized spacial score (nSPS) is 11.4. The van der Waals surface area contributed by atoms with Crippen molar-refractivity contribution < 1.29 is 0 Å². The fourth-order valence-corrected chi connectivity index (χ4v) is 0.144. The number of rotatable bonds is 1. The van der Waals surface area contributed by atoms with Gasteiger partial charge in [-0.25, -0.2) is 0 Å². The number of hydrogen-bond donors (Lipinski definition) is 1. The van der Waals surface area contributed by atoms with Crippen LogP contribution in [-0.2, 0) is 0 Å². The van der Waals surface area contributed by atoms with E-state index in [1.54, 1.807) is 13.8 Å². The van der Waals surface area contributed by atoms with E-state index in [1.807, 2.05) is 0 Å². The third-order valence-electron chi connectivity index (χ3n) is 0.703. The van der Waals surface area contributed by atoms with E-state index in [4.69, 9.17) is 18.1 Å². The highest BCUT2D eigenvalue weighted by Gasteiger charge is 1.87. The first kappa shape index (κ1) is 6.56. The Morgan fingerprint density at radius 2 is 2.00 bits per heavy atom. The molecule has 0 saturated heterocycles. The molecule has 40 valence electrons. The van der Waals surface area contributed by atoms with E-state index >= 15 is 0 Å². The first-order chi connectivity index (χ1) is 3.18. The molecular weight excluding hydrogens is 108 g/mol. The van der Waals surface area contributed by atoms with Gasteiger partial charge in [-0.15, -0.1) is 0 Å². The van der Waals surface area contributed by atoms with Crippen molar-refractivity contribution in [2.45, 2.75) is 13.8 Å². The van der Waals surface area contributed by atoms with Crippen LogP contribution >= 0.6 is 12.2 Å². The molecular formula is C4H8N2S. The van der Waals surface area contributed by atoms with E-state index in [9.17, 15) is 0 Å². The Morgan fingerprint density at radius 1 is 1.57 bits per heavy atom. The van der Waals surface area contributed by atoms with Crippen LogP contribution in [0.1, 0.15) is 13.8 Å². The van der Waals surface area contributed by atoms with Crippen LogP contribution in [0.4, 0.5) is 0 Å².